The number of hydrogen-bond acceptors (Lipinski definition) is 7. The zero-order chi connectivity index (χ0) is 23.4. The Labute approximate surface area is 194 Å². The van der Waals surface area contributed by atoms with Gasteiger partial charge >= 0.3 is 6.03 Å². The number of anilines is 2. The number of rotatable bonds is 6. The maximum Gasteiger partial charge on any atom is 0.320 e. The number of carbonyl (C=O) groups excluding carboxylic acids is 2. The van der Waals surface area contributed by atoms with Crippen LogP contribution in [0.15, 0.2) is 55.1 Å². The smallest absolute Gasteiger partial charge is 0.320 e. The number of hydrogen-bond donors (Lipinski definition) is 2. The van der Waals surface area contributed by atoms with E-state index in [9.17, 15) is 9.59 Å². The molecule has 10 heteroatoms. The highest BCUT2D eigenvalue weighted by atomic mass is 32.1. The summed E-state index contributed by atoms with van der Waals surface area (Å²) in [6, 6.07) is 8.61. The monoisotopic (exact) mass is 462 g/mol. The highest BCUT2D eigenvalue weighted by molar-refractivity contribution is 7.21. The first-order valence-electron chi connectivity index (χ1n) is 10.2. The average Bonchev–Trinajstić information content (AvgIpc) is 3.28. The van der Waals surface area contributed by atoms with Crippen molar-refractivity contribution in [1.82, 2.24) is 20.3 Å². The van der Waals surface area contributed by atoms with E-state index in [2.05, 4.69) is 25.6 Å². The van der Waals surface area contributed by atoms with Crippen LogP contribution >= 0.6 is 11.3 Å². The lowest BCUT2D eigenvalue weighted by Gasteiger charge is -2.16. The highest BCUT2D eigenvalue weighted by Crippen LogP contribution is 2.34. The molecule has 2 N–H and O–H groups in total. The zero-order valence-electron chi connectivity index (χ0n) is 18.3. The number of ether oxygens (including phenoxy) is 1. The maximum atomic E-state index is 13.2. The molecule has 0 aromatic carbocycles. The summed E-state index contributed by atoms with van der Waals surface area (Å²) < 4.78 is 6.05. The molecule has 0 saturated heterocycles. The standard InChI is InChI=1S/C23H22N6O3S/c1-4-25-23(31)28-20-6-5-14(11-27-20)17-12-24-13-19-16(17)10-18(33-19)22(30)29(2)15-7-8-26-21(9-15)32-3/h5-13H,4H2,1-3H3,(H2,25,27,28,31). The van der Waals surface area contributed by atoms with Gasteiger partial charge in [-0.05, 0) is 31.2 Å². The summed E-state index contributed by atoms with van der Waals surface area (Å²) in [4.78, 5) is 39.7. The molecular formula is C23H22N6O3S. The summed E-state index contributed by atoms with van der Waals surface area (Å²) in [5.74, 6) is 0.739. The van der Waals surface area contributed by atoms with Crippen molar-refractivity contribution in [1.29, 1.82) is 0 Å². The second-order valence-corrected chi connectivity index (χ2v) is 8.13. The van der Waals surface area contributed by atoms with Gasteiger partial charge in [-0.3, -0.25) is 15.1 Å². The fourth-order valence-electron chi connectivity index (χ4n) is 3.25. The third-order valence-electron chi connectivity index (χ3n) is 4.93. The molecule has 4 aromatic heterocycles. The van der Waals surface area contributed by atoms with Crippen LogP contribution in [0.5, 0.6) is 5.88 Å². The predicted molar refractivity (Wildman–Crippen MR) is 129 cm³/mol. The molecule has 0 aliphatic rings. The summed E-state index contributed by atoms with van der Waals surface area (Å²) in [5.41, 5.74) is 2.37. The topological polar surface area (TPSA) is 109 Å². The van der Waals surface area contributed by atoms with Gasteiger partial charge in [-0.15, -0.1) is 11.3 Å². The highest BCUT2D eigenvalue weighted by Gasteiger charge is 2.19. The van der Waals surface area contributed by atoms with Crippen LogP contribution in [0.2, 0.25) is 0 Å². The molecule has 0 unspecified atom stereocenters. The first-order valence-corrected chi connectivity index (χ1v) is 11.0. The Morgan fingerprint density at radius 3 is 2.70 bits per heavy atom. The SMILES string of the molecule is CCNC(=O)Nc1ccc(-c2cncc3sc(C(=O)N(C)c4ccnc(OC)c4)cc23)cn1. The second kappa shape index (κ2) is 9.61. The Bertz CT molecular complexity index is 1310. The number of nitrogens with one attached hydrogen (secondary N) is 2. The van der Waals surface area contributed by atoms with Gasteiger partial charge in [0.2, 0.25) is 5.88 Å². The normalized spacial score (nSPS) is 10.6. The average molecular weight is 463 g/mol. The molecule has 3 amide bonds. The largest absolute Gasteiger partial charge is 0.481 e. The Balaban J connectivity index is 1.61. The molecule has 0 bridgehead atoms. The van der Waals surface area contributed by atoms with E-state index >= 15 is 0 Å². The van der Waals surface area contributed by atoms with E-state index in [1.54, 1.807) is 54.9 Å². The molecule has 33 heavy (non-hydrogen) atoms. The van der Waals surface area contributed by atoms with E-state index in [0.29, 0.717) is 28.8 Å². The van der Waals surface area contributed by atoms with Gasteiger partial charge in [0.15, 0.2) is 0 Å². The van der Waals surface area contributed by atoms with E-state index in [1.165, 1.54) is 18.4 Å². The molecule has 0 atom stereocenters. The fraction of sp³-hybridized carbons (Fsp3) is 0.174. The third-order valence-corrected chi connectivity index (χ3v) is 5.99. The molecule has 4 aromatic rings. The Hall–Kier alpha value is -4.05. The van der Waals surface area contributed by atoms with Crippen molar-refractivity contribution in [2.24, 2.45) is 0 Å². The number of carbonyl (C=O) groups is 2. The molecule has 4 heterocycles. The van der Waals surface area contributed by atoms with Crippen LogP contribution < -0.4 is 20.3 Å². The van der Waals surface area contributed by atoms with Crippen molar-refractivity contribution in [2.75, 3.05) is 30.9 Å². The third kappa shape index (κ3) is 4.75. The van der Waals surface area contributed by atoms with Gasteiger partial charge in [-0.2, -0.15) is 0 Å². The molecule has 9 nitrogen and oxygen atoms in total. The number of nitrogens with zero attached hydrogens (tertiary/aromatic N) is 4. The van der Waals surface area contributed by atoms with Crippen LogP contribution in [-0.4, -0.2) is 47.6 Å². The van der Waals surface area contributed by atoms with E-state index in [4.69, 9.17) is 4.74 Å². The van der Waals surface area contributed by atoms with Gasteiger partial charge in [0.1, 0.15) is 5.82 Å². The summed E-state index contributed by atoms with van der Waals surface area (Å²) in [5, 5.41) is 6.24. The van der Waals surface area contributed by atoms with Gasteiger partial charge in [0.25, 0.3) is 5.91 Å². The number of thiophene rings is 1. The number of pyridine rings is 3. The quantitative estimate of drug-likeness (QED) is 0.445. The van der Waals surface area contributed by atoms with Crippen LogP contribution in [0, 0.1) is 0 Å². The van der Waals surface area contributed by atoms with E-state index in [-0.39, 0.29) is 11.9 Å². The number of methoxy groups -OCH3 is 1. The molecule has 0 aliphatic carbocycles. The van der Waals surface area contributed by atoms with Gasteiger partial charge < -0.3 is 15.0 Å². The molecule has 0 fully saturated rings. The van der Waals surface area contributed by atoms with Gasteiger partial charge in [0.05, 0.1) is 22.4 Å². The van der Waals surface area contributed by atoms with Crippen LogP contribution in [0.3, 0.4) is 0 Å². The van der Waals surface area contributed by atoms with Crippen LogP contribution in [0.4, 0.5) is 16.3 Å². The molecule has 0 radical (unpaired) electrons. The second-order valence-electron chi connectivity index (χ2n) is 7.05. The van der Waals surface area contributed by atoms with Crippen molar-refractivity contribution in [2.45, 2.75) is 6.92 Å². The Morgan fingerprint density at radius 2 is 1.97 bits per heavy atom. The minimum Gasteiger partial charge on any atom is -0.481 e. The van der Waals surface area contributed by atoms with Crippen molar-refractivity contribution in [3.8, 4) is 17.0 Å². The number of urea groups is 1. The van der Waals surface area contributed by atoms with Crippen LogP contribution in [0.1, 0.15) is 16.6 Å². The lowest BCUT2D eigenvalue weighted by Crippen LogP contribution is -2.28. The fourth-order valence-corrected chi connectivity index (χ4v) is 4.28. The van der Waals surface area contributed by atoms with Crippen LogP contribution in [-0.2, 0) is 0 Å². The Morgan fingerprint density at radius 1 is 1.12 bits per heavy atom. The number of aromatic nitrogens is 3. The zero-order valence-corrected chi connectivity index (χ0v) is 19.1. The number of amides is 3. The summed E-state index contributed by atoms with van der Waals surface area (Å²) in [6.07, 6.45) is 6.76. The van der Waals surface area contributed by atoms with Crippen LogP contribution in [0.25, 0.3) is 21.2 Å². The maximum absolute atomic E-state index is 13.2. The first-order chi connectivity index (χ1) is 16.0. The van der Waals surface area contributed by atoms with Crippen molar-refractivity contribution in [3.63, 3.8) is 0 Å². The predicted octanol–water partition coefficient (Wildman–Crippen LogP) is 4.18. The summed E-state index contributed by atoms with van der Waals surface area (Å²) in [6.45, 7) is 2.37. The van der Waals surface area contributed by atoms with E-state index in [0.717, 1.165) is 21.2 Å². The number of fused-ring (bicyclic) bond motifs is 1. The molecule has 0 spiro atoms. The molecule has 4 rings (SSSR count). The summed E-state index contributed by atoms with van der Waals surface area (Å²) >= 11 is 1.38. The molecule has 168 valence electrons. The lowest BCUT2D eigenvalue weighted by atomic mass is 10.1. The first kappa shape index (κ1) is 22.2. The minimum atomic E-state index is -0.307. The molecule has 0 aliphatic heterocycles. The molecular weight excluding hydrogens is 440 g/mol. The van der Waals surface area contributed by atoms with Gasteiger partial charge in [-0.25, -0.2) is 14.8 Å². The van der Waals surface area contributed by atoms with E-state index < -0.39 is 0 Å². The van der Waals surface area contributed by atoms with Gasteiger partial charge in [-0.1, -0.05) is 0 Å². The van der Waals surface area contributed by atoms with Gasteiger partial charge in [0, 0.05) is 61.0 Å². The summed E-state index contributed by atoms with van der Waals surface area (Å²) in [7, 11) is 3.25. The van der Waals surface area contributed by atoms with Crippen molar-refractivity contribution < 1.29 is 14.3 Å². The molecule has 0 saturated carbocycles. The lowest BCUT2D eigenvalue weighted by molar-refractivity contribution is 0.0997. The minimum absolute atomic E-state index is 0.144. The Kier molecular flexibility index (Phi) is 6.45. The van der Waals surface area contributed by atoms with E-state index in [1.807, 2.05) is 19.1 Å². The van der Waals surface area contributed by atoms with Crippen molar-refractivity contribution in [3.05, 3.63) is 60.0 Å². The van der Waals surface area contributed by atoms with Crippen molar-refractivity contribution >= 4 is 44.9 Å².